The van der Waals surface area contributed by atoms with Crippen LogP contribution in [0, 0.1) is 0 Å². The number of halogens is 1. The molecule has 0 aromatic heterocycles. The van der Waals surface area contributed by atoms with E-state index < -0.39 is 10.0 Å². The average Bonchev–Trinajstić information content (AvgIpc) is 2.39. The highest BCUT2D eigenvalue weighted by Gasteiger charge is 2.11. The number of hydrazone groups is 1. The molecular formula is C13H11ClN2O3S. The molecule has 0 aliphatic rings. The molecule has 2 aromatic rings. The van der Waals surface area contributed by atoms with Crippen LogP contribution in [0.5, 0.6) is 5.75 Å². The van der Waals surface area contributed by atoms with Gasteiger partial charge in [0.15, 0.2) is 0 Å². The highest BCUT2D eigenvalue weighted by molar-refractivity contribution is 7.89. The molecular weight excluding hydrogens is 300 g/mol. The molecule has 0 fully saturated rings. The zero-order valence-electron chi connectivity index (χ0n) is 10.2. The van der Waals surface area contributed by atoms with Crippen molar-refractivity contribution < 1.29 is 13.5 Å². The van der Waals surface area contributed by atoms with Gasteiger partial charge in [-0.15, -0.1) is 0 Å². The first-order valence-electron chi connectivity index (χ1n) is 5.57. The van der Waals surface area contributed by atoms with Crippen molar-refractivity contribution in [1.82, 2.24) is 4.83 Å². The number of sulfonamides is 1. The number of nitrogens with zero attached hydrogens (tertiary/aromatic N) is 1. The molecule has 0 amide bonds. The van der Waals surface area contributed by atoms with Crippen LogP contribution in [-0.4, -0.2) is 19.7 Å². The summed E-state index contributed by atoms with van der Waals surface area (Å²) in [5.74, 6) is 0.0782. The molecule has 104 valence electrons. The zero-order valence-corrected chi connectivity index (χ0v) is 11.8. The molecule has 5 nitrogen and oxygen atoms in total. The first-order valence-corrected chi connectivity index (χ1v) is 7.43. The molecule has 0 unspecified atom stereocenters. The first kappa shape index (κ1) is 14.4. The molecule has 0 heterocycles. The molecule has 0 aliphatic carbocycles. The third kappa shape index (κ3) is 3.72. The quantitative estimate of drug-likeness (QED) is 0.672. The first-order chi connectivity index (χ1) is 9.47. The Morgan fingerprint density at radius 1 is 1.15 bits per heavy atom. The summed E-state index contributed by atoms with van der Waals surface area (Å²) in [5, 5.41) is 13.4. The Bertz CT molecular complexity index is 728. The van der Waals surface area contributed by atoms with Crippen molar-refractivity contribution in [3.63, 3.8) is 0 Å². The number of rotatable bonds is 4. The second-order valence-electron chi connectivity index (χ2n) is 3.90. The van der Waals surface area contributed by atoms with Crippen molar-refractivity contribution in [2.45, 2.75) is 4.90 Å². The van der Waals surface area contributed by atoms with E-state index in [0.29, 0.717) is 10.6 Å². The fourth-order valence-corrected chi connectivity index (χ4v) is 2.36. The minimum Gasteiger partial charge on any atom is -0.508 e. The highest BCUT2D eigenvalue weighted by atomic mass is 35.5. The van der Waals surface area contributed by atoms with Crippen molar-refractivity contribution in [3.8, 4) is 5.75 Å². The van der Waals surface area contributed by atoms with Gasteiger partial charge in [-0.3, -0.25) is 0 Å². The lowest BCUT2D eigenvalue weighted by molar-refractivity contribution is 0.475. The van der Waals surface area contributed by atoms with E-state index in [9.17, 15) is 13.5 Å². The monoisotopic (exact) mass is 310 g/mol. The number of aromatic hydroxyl groups is 1. The summed E-state index contributed by atoms with van der Waals surface area (Å²) in [6.07, 6.45) is 1.30. The van der Waals surface area contributed by atoms with Crippen molar-refractivity contribution in [2.75, 3.05) is 0 Å². The smallest absolute Gasteiger partial charge is 0.276 e. The van der Waals surface area contributed by atoms with Gasteiger partial charge in [-0.25, -0.2) is 4.83 Å². The maximum Gasteiger partial charge on any atom is 0.276 e. The SMILES string of the molecule is O=S(=O)(N/N=C/c1cccc(O)c1)c1ccc(Cl)cc1. The fourth-order valence-electron chi connectivity index (χ4n) is 1.44. The molecule has 0 saturated heterocycles. The molecule has 2 aromatic carbocycles. The maximum absolute atomic E-state index is 11.9. The third-order valence-corrected chi connectivity index (χ3v) is 3.87. The van der Waals surface area contributed by atoms with Crippen LogP contribution in [0.1, 0.15) is 5.56 Å². The Balaban J connectivity index is 2.11. The molecule has 2 N–H and O–H groups in total. The molecule has 2 rings (SSSR count). The average molecular weight is 311 g/mol. The molecule has 20 heavy (non-hydrogen) atoms. The Kier molecular flexibility index (Phi) is 4.26. The number of phenols is 1. The van der Waals surface area contributed by atoms with Gasteiger partial charge in [-0.1, -0.05) is 23.7 Å². The van der Waals surface area contributed by atoms with E-state index in [-0.39, 0.29) is 10.6 Å². The van der Waals surface area contributed by atoms with Crippen LogP contribution in [0.3, 0.4) is 0 Å². The Hall–Kier alpha value is -2.05. The summed E-state index contributed by atoms with van der Waals surface area (Å²) >= 11 is 5.69. The van der Waals surface area contributed by atoms with Gasteiger partial charge in [-0.2, -0.15) is 13.5 Å². The normalized spacial score (nSPS) is 11.7. The van der Waals surface area contributed by atoms with E-state index in [2.05, 4.69) is 9.93 Å². The minimum absolute atomic E-state index is 0.0648. The van der Waals surface area contributed by atoms with E-state index in [1.807, 2.05) is 0 Å². The van der Waals surface area contributed by atoms with Crippen molar-refractivity contribution in [3.05, 3.63) is 59.1 Å². The maximum atomic E-state index is 11.9. The summed E-state index contributed by atoms with van der Waals surface area (Å²) in [4.78, 5) is 2.14. The van der Waals surface area contributed by atoms with Crippen LogP contribution < -0.4 is 4.83 Å². The van der Waals surface area contributed by atoms with E-state index in [1.165, 1.54) is 42.6 Å². The van der Waals surface area contributed by atoms with Crippen LogP contribution in [0.2, 0.25) is 5.02 Å². The number of nitrogens with one attached hydrogen (secondary N) is 1. The predicted octanol–water partition coefficient (Wildman–Crippen LogP) is 2.36. The van der Waals surface area contributed by atoms with E-state index >= 15 is 0 Å². The molecule has 7 heteroatoms. The lowest BCUT2D eigenvalue weighted by Gasteiger charge is -2.03. The van der Waals surface area contributed by atoms with E-state index in [0.717, 1.165) is 0 Å². The van der Waals surface area contributed by atoms with Crippen molar-refractivity contribution >= 4 is 27.8 Å². The number of phenolic OH excluding ortho intramolecular Hbond substituents is 1. The van der Waals surface area contributed by atoms with Crippen LogP contribution in [0.25, 0.3) is 0 Å². The van der Waals surface area contributed by atoms with Gasteiger partial charge in [-0.05, 0) is 42.0 Å². The number of benzene rings is 2. The predicted molar refractivity (Wildman–Crippen MR) is 77.5 cm³/mol. The van der Waals surface area contributed by atoms with Crippen molar-refractivity contribution in [1.29, 1.82) is 0 Å². The molecule has 0 aliphatic heterocycles. The van der Waals surface area contributed by atoms with Gasteiger partial charge in [0.05, 0.1) is 11.1 Å². The minimum atomic E-state index is -3.73. The third-order valence-electron chi connectivity index (χ3n) is 2.38. The number of hydrogen-bond acceptors (Lipinski definition) is 4. The largest absolute Gasteiger partial charge is 0.508 e. The van der Waals surface area contributed by atoms with Crippen molar-refractivity contribution in [2.24, 2.45) is 5.10 Å². The van der Waals surface area contributed by atoms with Gasteiger partial charge in [0, 0.05) is 5.02 Å². The summed E-state index contributed by atoms with van der Waals surface area (Å²) in [7, 11) is -3.73. The molecule has 0 bridgehead atoms. The summed E-state index contributed by atoms with van der Waals surface area (Å²) in [6.45, 7) is 0. The second-order valence-corrected chi connectivity index (χ2v) is 6.00. The second kappa shape index (κ2) is 5.94. The van der Waals surface area contributed by atoms with Gasteiger partial charge in [0.1, 0.15) is 5.75 Å². The lowest BCUT2D eigenvalue weighted by atomic mass is 10.2. The number of hydrogen-bond donors (Lipinski definition) is 2. The molecule has 0 atom stereocenters. The molecule has 0 saturated carbocycles. The molecule has 0 radical (unpaired) electrons. The fraction of sp³-hybridized carbons (Fsp3) is 0. The van der Waals surface area contributed by atoms with E-state index in [1.54, 1.807) is 12.1 Å². The van der Waals surface area contributed by atoms with Gasteiger partial charge in [0.25, 0.3) is 10.0 Å². The standard InChI is InChI=1S/C13H11ClN2O3S/c14-11-4-6-13(7-5-11)20(18,19)16-15-9-10-2-1-3-12(17)8-10/h1-9,16-17H/b15-9+. The lowest BCUT2D eigenvalue weighted by Crippen LogP contribution is -2.18. The summed E-state index contributed by atoms with van der Waals surface area (Å²) < 4.78 is 23.8. The van der Waals surface area contributed by atoms with Gasteiger partial charge < -0.3 is 5.11 Å². The van der Waals surface area contributed by atoms with Gasteiger partial charge in [0.2, 0.25) is 0 Å². The Morgan fingerprint density at radius 2 is 1.85 bits per heavy atom. The Labute approximate surface area is 121 Å². The van der Waals surface area contributed by atoms with Crippen LogP contribution in [0.4, 0.5) is 0 Å². The summed E-state index contributed by atoms with van der Waals surface area (Å²) in [5.41, 5.74) is 0.573. The highest BCUT2D eigenvalue weighted by Crippen LogP contribution is 2.14. The topological polar surface area (TPSA) is 78.8 Å². The zero-order chi connectivity index (χ0) is 14.6. The van der Waals surface area contributed by atoms with Crippen LogP contribution >= 0.6 is 11.6 Å². The van der Waals surface area contributed by atoms with Crippen LogP contribution in [-0.2, 0) is 10.0 Å². The summed E-state index contributed by atoms with van der Waals surface area (Å²) in [6, 6.07) is 12.0. The van der Waals surface area contributed by atoms with E-state index in [4.69, 9.17) is 11.6 Å². The van der Waals surface area contributed by atoms with Crippen LogP contribution in [0.15, 0.2) is 58.5 Å². The molecule has 0 spiro atoms. The Morgan fingerprint density at radius 3 is 2.50 bits per heavy atom. The van der Waals surface area contributed by atoms with Gasteiger partial charge >= 0.3 is 0 Å².